The van der Waals surface area contributed by atoms with Crippen molar-refractivity contribution in [3.8, 4) is 0 Å². The van der Waals surface area contributed by atoms with Gasteiger partial charge in [-0.1, -0.05) is 37.3 Å². The van der Waals surface area contributed by atoms with Gasteiger partial charge in [0.1, 0.15) is 30.2 Å². The summed E-state index contributed by atoms with van der Waals surface area (Å²) in [7, 11) is 0. The van der Waals surface area contributed by atoms with Crippen molar-refractivity contribution in [2.45, 2.75) is 121 Å². The second-order valence-electron chi connectivity index (χ2n) is 14.0. The first-order valence-corrected chi connectivity index (χ1v) is 18.6. The molecule has 1 aliphatic carbocycles. The summed E-state index contributed by atoms with van der Waals surface area (Å²) >= 11 is 0. The molecule has 2 aliphatic heterocycles. The molecule has 1 aromatic carbocycles. The van der Waals surface area contributed by atoms with Gasteiger partial charge in [-0.25, -0.2) is 0 Å². The molecule has 2 aromatic rings. The normalized spacial score (nSPS) is 25.9. The zero-order valence-corrected chi connectivity index (χ0v) is 30.0. The Hall–Kier alpha value is -4.85. The number of carbonyl (C=O) groups is 6. The maximum Gasteiger partial charge on any atom is 0.253 e. The Bertz CT molecular complexity index is 1620. The van der Waals surface area contributed by atoms with E-state index in [4.69, 9.17) is 0 Å². The predicted octanol–water partition coefficient (Wildman–Crippen LogP) is 0.838. The molecule has 0 saturated carbocycles. The highest BCUT2D eigenvalue weighted by Crippen LogP contribution is 2.22. The van der Waals surface area contributed by atoms with Crippen LogP contribution in [0.25, 0.3) is 0 Å². The Labute approximate surface area is 304 Å². The van der Waals surface area contributed by atoms with E-state index in [1.54, 1.807) is 6.92 Å². The van der Waals surface area contributed by atoms with E-state index >= 15 is 0 Å². The minimum atomic E-state index is -1.46. The van der Waals surface area contributed by atoms with Gasteiger partial charge < -0.3 is 36.6 Å². The van der Waals surface area contributed by atoms with E-state index in [1.807, 2.05) is 36.4 Å². The molecular formula is C38H51N7O7. The summed E-state index contributed by atoms with van der Waals surface area (Å²) in [5.74, 6) is -3.30. The predicted molar refractivity (Wildman–Crippen MR) is 192 cm³/mol. The van der Waals surface area contributed by atoms with Crippen LogP contribution in [-0.4, -0.2) is 99.8 Å². The van der Waals surface area contributed by atoms with Crippen LogP contribution < -0.4 is 26.6 Å². The standard InChI is InChI=1S/C38H51N7O7/c1-3-27-34(48)44-32(23(2)46)37(51)43-30(20-24-12-5-4-6-13-24)38(52)45-19-11-17-31(45)36(50)39-18-10-9-16-29(35(49)41-27)42-33(47)26-21-25-14-7-8-15-28(25)40-22-26/h4-6,12-13,21-23,27,29-32,46H,3,7-11,14-20H2,1-2H3,(H,39,50)(H,41,49)(H,42,47)(H,43,51)(H,44,48)/t23-,27+,29+,30-,31+,32+/m1/s1. The van der Waals surface area contributed by atoms with E-state index < -0.39 is 65.8 Å². The minimum Gasteiger partial charge on any atom is -0.391 e. The molecule has 6 N–H and O–H groups in total. The van der Waals surface area contributed by atoms with Crippen LogP contribution in [0.2, 0.25) is 0 Å². The summed E-state index contributed by atoms with van der Waals surface area (Å²) in [5.41, 5.74) is 3.11. The third kappa shape index (κ3) is 9.72. The van der Waals surface area contributed by atoms with Crippen LogP contribution in [0.4, 0.5) is 0 Å². The van der Waals surface area contributed by atoms with Gasteiger partial charge in [0, 0.05) is 31.4 Å². The number of pyridine rings is 1. The Morgan fingerprint density at radius 3 is 2.40 bits per heavy atom. The van der Waals surface area contributed by atoms with Crippen LogP contribution in [0.3, 0.4) is 0 Å². The SMILES string of the molecule is CC[C@@H]1NC(=O)[C@@H](NC(=O)c2cnc3c(c2)CCCC3)CCCCNC(=O)[C@@H]2CCCN2C(=O)[C@@H](Cc2ccccc2)NC(=O)[C@H]([C@@H](C)O)NC1=O. The van der Waals surface area contributed by atoms with Crippen LogP contribution in [-0.2, 0) is 43.2 Å². The maximum absolute atomic E-state index is 14.0. The number of benzene rings is 1. The quantitative estimate of drug-likeness (QED) is 0.253. The number of nitrogens with zero attached hydrogens (tertiary/aromatic N) is 2. The molecule has 52 heavy (non-hydrogen) atoms. The summed E-state index contributed by atoms with van der Waals surface area (Å²) < 4.78 is 0. The lowest BCUT2D eigenvalue weighted by Gasteiger charge is -2.30. The van der Waals surface area contributed by atoms with Crippen LogP contribution in [0.15, 0.2) is 42.6 Å². The van der Waals surface area contributed by atoms with E-state index in [-0.39, 0.29) is 31.7 Å². The molecular weight excluding hydrogens is 666 g/mol. The molecule has 1 aromatic heterocycles. The second-order valence-corrected chi connectivity index (χ2v) is 14.0. The zero-order valence-electron chi connectivity index (χ0n) is 30.0. The molecule has 6 amide bonds. The van der Waals surface area contributed by atoms with Crippen molar-refractivity contribution in [1.29, 1.82) is 0 Å². The third-order valence-corrected chi connectivity index (χ3v) is 10.1. The first kappa shape index (κ1) is 38.4. The fourth-order valence-electron chi connectivity index (χ4n) is 7.12. The molecule has 0 unspecified atom stereocenters. The molecule has 14 heteroatoms. The van der Waals surface area contributed by atoms with Gasteiger partial charge in [0.15, 0.2) is 0 Å². The second kappa shape index (κ2) is 18.1. The van der Waals surface area contributed by atoms with Crippen molar-refractivity contribution < 1.29 is 33.9 Å². The van der Waals surface area contributed by atoms with Crippen molar-refractivity contribution in [3.05, 3.63) is 65.0 Å². The van der Waals surface area contributed by atoms with Crippen molar-refractivity contribution in [1.82, 2.24) is 36.5 Å². The fraction of sp³-hybridized carbons (Fsp3) is 0.553. The monoisotopic (exact) mass is 717 g/mol. The summed E-state index contributed by atoms with van der Waals surface area (Å²) in [6, 6.07) is 5.55. The highest BCUT2D eigenvalue weighted by Gasteiger charge is 2.39. The highest BCUT2D eigenvalue weighted by atomic mass is 16.3. The number of nitrogens with one attached hydrogen (secondary N) is 5. The Morgan fingerprint density at radius 2 is 1.65 bits per heavy atom. The Morgan fingerprint density at radius 1 is 0.904 bits per heavy atom. The summed E-state index contributed by atoms with van der Waals surface area (Å²) in [4.78, 5) is 87.8. The van der Waals surface area contributed by atoms with Gasteiger partial charge in [-0.3, -0.25) is 33.8 Å². The van der Waals surface area contributed by atoms with E-state index in [1.165, 1.54) is 18.0 Å². The lowest BCUT2D eigenvalue weighted by molar-refractivity contribution is -0.142. The largest absolute Gasteiger partial charge is 0.391 e. The molecule has 280 valence electrons. The molecule has 0 radical (unpaired) electrons. The molecule has 14 nitrogen and oxygen atoms in total. The molecule has 3 heterocycles. The van der Waals surface area contributed by atoms with Crippen molar-refractivity contribution in [2.24, 2.45) is 0 Å². The molecule has 0 spiro atoms. The van der Waals surface area contributed by atoms with Gasteiger partial charge in [-0.05, 0) is 88.3 Å². The lowest BCUT2D eigenvalue weighted by atomic mass is 9.95. The van der Waals surface area contributed by atoms with E-state index in [9.17, 15) is 33.9 Å². The number of carbonyl (C=O) groups excluding carboxylic acids is 6. The first-order chi connectivity index (χ1) is 25.0. The van der Waals surface area contributed by atoms with Gasteiger partial charge in [0.25, 0.3) is 5.91 Å². The molecule has 0 bridgehead atoms. The average molecular weight is 718 g/mol. The van der Waals surface area contributed by atoms with Gasteiger partial charge in [0.2, 0.25) is 29.5 Å². The first-order valence-electron chi connectivity index (χ1n) is 18.6. The van der Waals surface area contributed by atoms with Crippen molar-refractivity contribution >= 4 is 35.4 Å². The molecule has 3 aliphatic rings. The molecule has 6 atom stereocenters. The number of aromatic nitrogens is 1. The van der Waals surface area contributed by atoms with Gasteiger partial charge in [-0.2, -0.15) is 0 Å². The number of rotatable bonds is 6. The van der Waals surface area contributed by atoms with E-state index in [0.717, 1.165) is 42.5 Å². The van der Waals surface area contributed by atoms with Crippen LogP contribution >= 0.6 is 0 Å². The van der Waals surface area contributed by atoms with Crippen molar-refractivity contribution in [2.75, 3.05) is 13.1 Å². The number of fused-ring (bicyclic) bond motifs is 2. The number of aryl methyl sites for hydroxylation is 2. The smallest absolute Gasteiger partial charge is 0.253 e. The van der Waals surface area contributed by atoms with Crippen LogP contribution in [0.5, 0.6) is 0 Å². The number of aliphatic hydroxyl groups is 1. The van der Waals surface area contributed by atoms with Crippen LogP contribution in [0.1, 0.15) is 92.4 Å². The van der Waals surface area contributed by atoms with Crippen LogP contribution in [0, 0.1) is 0 Å². The molecule has 2 saturated heterocycles. The third-order valence-electron chi connectivity index (χ3n) is 10.1. The van der Waals surface area contributed by atoms with Gasteiger partial charge >= 0.3 is 0 Å². The number of aliphatic hydroxyl groups excluding tert-OH is 1. The van der Waals surface area contributed by atoms with Gasteiger partial charge in [-0.15, -0.1) is 0 Å². The summed E-state index contributed by atoms with van der Waals surface area (Å²) in [5, 5.41) is 24.4. The van der Waals surface area contributed by atoms with Gasteiger partial charge in [0.05, 0.1) is 11.7 Å². The Kier molecular flexibility index (Phi) is 13.3. The lowest BCUT2D eigenvalue weighted by Crippen LogP contribution is -2.61. The number of hydrogen-bond acceptors (Lipinski definition) is 8. The zero-order chi connectivity index (χ0) is 37.2. The number of hydrogen-bond donors (Lipinski definition) is 6. The topological polar surface area (TPSA) is 199 Å². The highest BCUT2D eigenvalue weighted by molar-refractivity contribution is 5.99. The van der Waals surface area contributed by atoms with E-state index in [0.29, 0.717) is 37.8 Å². The average Bonchev–Trinajstić information content (AvgIpc) is 3.64. The summed E-state index contributed by atoms with van der Waals surface area (Å²) in [6.07, 6.45) is 6.43. The summed E-state index contributed by atoms with van der Waals surface area (Å²) in [6.45, 7) is 3.65. The fourth-order valence-corrected chi connectivity index (χ4v) is 7.12. The maximum atomic E-state index is 14.0. The Balaban J connectivity index is 1.38. The van der Waals surface area contributed by atoms with Crippen molar-refractivity contribution in [3.63, 3.8) is 0 Å². The molecule has 5 rings (SSSR count). The van der Waals surface area contributed by atoms with E-state index in [2.05, 4.69) is 31.6 Å². The molecule has 2 fully saturated rings. The minimum absolute atomic E-state index is 0.124. The number of amides is 6.